The van der Waals surface area contributed by atoms with Crippen molar-refractivity contribution in [3.63, 3.8) is 0 Å². The first-order chi connectivity index (χ1) is 15.6. The number of hydrogen-bond acceptors (Lipinski definition) is 5. The fourth-order valence-electron chi connectivity index (χ4n) is 3.87. The van der Waals surface area contributed by atoms with E-state index in [9.17, 15) is 23.2 Å². The second kappa shape index (κ2) is 8.47. The van der Waals surface area contributed by atoms with Crippen LogP contribution in [-0.2, 0) is 23.3 Å². The average Bonchev–Trinajstić information content (AvgIpc) is 2.97. The van der Waals surface area contributed by atoms with Gasteiger partial charge < -0.3 is 14.5 Å². The zero-order valence-corrected chi connectivity index (χ0v) is 18.4. The molecule has 0 radical (unpaired) electrons. The zero-order chi connectivity index (χ0) is 23.9. The number of ether oxygens (including phenoxy) is 1. The first kappa shape index (κ1) is 22.7. The number of fused-ring (bicyclic) bond motifs is 1. The maximum atomic E-state index is 13.3. The molecule has 1 unspecified atom stereocenters. The molecule has 1 fully saturated rings. The Hall–Kier alpha value is -3.46. The minimum atomic E-state index is -2.98. The van der Waals surface area contributed by atoms with Crippen molar-refractivity contribution in [3.8, 4) is 5.75 Å². The molecular formula is C23H19ClF2N2O5. The Balaban J connectivity index is 1.67. The summed E-state index contributed by atoms with van der Waals surface area (Å²) in [6.07, 6.45) is 0.634. The van der Waals surface area contributed by atoms with Crippen LogP contribution in [0.2, 0.25) is 5.02 Å². The number of carbonyl (C=O) groups excluding carboxylic acids is 2. The van der Waals surface area contributed by atoms with Crippen LogP contribution in [0.5, 0.6) is 5.75 Å². The van der Waals surface area contributed by atoms with E-state index in [1.165, 1.54) is 37.3 Å². The zero-order valence-electron chi connectivity index (χ0n) is 17.7. The number of alkyl halides is 2. The summed E-state index contributed by atoms with van der Waals surface area (Å²) in [6.45, 7) is 0.263. The number of imide groups is 1. The van der Waals surface area contributed by atoms with E-state index in [0.29, 0.717) is 33.5 Å². The molecule has 3 aromatic rings. The molecule has 3 amide bonds. The van der Waals surface area contributed by atoms with E-state index >= 15 is 0 Å². The summed E-state index contributed by atoms with van der Waals surface area (Å²) in [7, 11) is 0. The van der Waals surface area contributed by atoms with Crippen molar-refractivity contribution in [2.45, 2.75) is 39.0 Å². The second-order valence-corrected chi connectivity index (χ2v) is 8.14. The van der Waals surface area contributed by atoms with Crippen LogP contribution in [-0.4, -0.2) is 23.4 Å². The maximum Gasteiger partial charge on any atom is 0.387 e. The molecule has 0 saturated carbocycles. The Morgan fingerprint density at radius 2 is 1.82 bits per heavy atom. The van der Waals surface area contributed by atoms with E-state index < -0.39 is 29.7 Å². The monoisotopic (exact) mass is 476 g/mol. The van der Waals surface area contributed by atoms with E-state index in [0.717, 1.165) is 10.5 Å². The third-order valence-electron chi connectivity index (χ3n) is 5.64. The predicted molar refractivity (Wildman–Crippen MR) is 116 cm³/mol. The molecule has 1 aliphatic rings. The highest BCUT2D eigenvalue weighted by Gasteiger charge is 2.49. The van der Waals surface area contributed by atoms with Gasteiger partial charge in [0.1, 0.15) is 16.9 Å². The van der Waals surface area contributed by atoms with Crippen LogP contribution in [0.3, 0.4) is 0 Å². The van der Waals surface area contributed by atoms with Crippen molar-refractivity contribution in [1.29, 1.82) is 0 Å². The van der Waals surface area contributed by atoms with Gasteiger partial charge in [-0.15, -0.1) is 0 Å². The number of hydrogen-bond donors (Lipinski definition) is 1. The van der Waals surface area contributed by atoms with Crippen molar-refractivity contribution >= 4 is 34.5 Å². The number of rotatable bonds is 6. The molecule has 2 aromatic carbocycles. The van der Waals surface area contributed by atoms with Gasteiger partial charge in [-0.3, -0.25) is 9.69 Å². The van der Waals surface area contributed by atoms with E-state index in [1.54, 1.807) is 12.1 Å². The summed E-state index contributed by atoms with van der Waals surface area (Å²) in [6, 6.07) is 9.31. The van der Waals surface area contributed by atoms with Gasteiger partial charge in [-0.2, -0.15) is 8.78 Å². The Morgan fingerprint density at radius 3 is 2.45 bits per heavy atom. The average molecular weight is 477 g/mol. The number of amides is 3. The summed E-state index contributed by atoms with van der Waals surface area (Å²) in [5.41, 5.74) is -0.152. The quantitative estimate of drug-likeness (QED) is 0.415. The summed E-state index contributed by atoms with van der Waals surface area (Å²) in [5, 5.41) is 3.63. The summed E-state index contributed by atoms with van der Waals surface area (Å²) in [5.74, 6) is -0.635. The highest BCUT2D eigenvalue weighted by Crippen LogP contribution is 2.33. The van der Waals surface area contributed by atoms with Gasteiger partial charge >= 0.3 is 18.3 Å². The van der Waals surface area contributed by atoms with Gasteiger partial charge in [0.15, 0.2) is 0 Å². The molecule has 4 rings (SSSR count). The number of benzene rings is 2. The molecule has 1 aromatic heterocycles. The van der Waals surface area contributed by atoms with Gasteiger partial charge in [0.25, 0.3) is 5.91 Å². The first-order valence-electron chi connectivity index (χ1n) is 10.1. The molecule has 33 heavy (non-hydrogen) atoms. The number of nitrogens with one attached hydrogen (secondary N) is 1. The molecule has 0 spiro atoms. The molecule has 7 nitrogen and oxygen atoms in total. The predicted octanol–water partition coefficient (Wildman–Crippen LogP) is 4.58. The van der Waals surface area contributed by atoms with Crippen molar-refractivity contribution in [2.24, 2.45) is 0 Å². The molecule has 10 heteroatoms. The first-order valence-corrected chi connectivity index (χ1v) is 10.4. The van der Waals surface area contributed by atoms with Gasteiger partial charge in [0, 0.05) is 16.5 Å². The van der Waals surface area contributed by atoms with Crippen LogP contribution in [0, 0.1) is 0 Å². The molecular weight excluding hydrogens is 458 g/mol. The summed E-state index contributed by atoms with van der Waals surface area (Å²) >= 11 is 6.32. The Bertz CT molecular complexity index is 1310. The molecule has 1 atom stereocenters. The lowest BCUT2D eigenvalue weighted by atomic mass is 9.92. The number of nitrogens with zero attached hydrogens (tertiary/aromatic N) is 1. The number of urea groups is 1. The fourth-order valence-corrected chi connectivity index (χ4v) is 4.16. The lowest BCUT2D eigenvalue weighted by molar-refractivity contribution is -0.131. The largest absolute Gasteiger partial charge is 0.435 e. The molecule has 1 N–H and O–H groups in total. The Morgan fingerprint density at radius 1 is 1.12 bits per heavy atom. The van der Waals surface area contributed by atoms with Crippen molar-refractivity contribution in [2.75, 3.05) is 0 Å². The normalized spacial score (nSPS) is 18.3. The minimum absolute atomic E-state index is 0.0724. The minimum Gasteiger partial charge on any atom is -0.435 e. The van der Waals surface area contributed by atoms with Crippen molar-refractivity contribution < 1.29 is 27.5 Å². The van der Waals surface area contributed by atoms with Crippen LogP contribution >= 0.6 is 11.6 Å². The van der Waals surface area contributed by atoms with Gasteiger partial charge in [-0.05, 0) is 54.3 Å². The van der Waals surface area contributed by atoms with Crippen molar-refractivity contribution in [1.82, 2.24) is 10.2 Å². The Kier molecular flexibility index (Phi) is 5.84. The van der Waals surface area contributed by atoms with E-state index in [4.69, 9.17) is 16.0 Å². The lowest BCUT2D eigenvalue weighted by Gasteiger charge is -2.22. The lowest BCUT2D eigenvalue weighted by Crippen LogP contribution is -2.40. The van der Waals surface area contributed by atoms with Gasteiger partial charge in [0.05, 0.1) is 6.54 Å². The van der Waals surface area contributed by atoms with Crippen LogP contribution in [0.4, 0.5) is 13.6 Å². The van der Waals surface area contributed by atoms with Crippen LogP contribution in [0.1, 0.15) is 30.5 Å². The molecule has 1 aliphatic heterocycles. The third kappa shape index (κ3) is 4.16. The van der Waals surface area contributed by atoms with Gasteiger partial charge in [-0.1, -0.05) is 30.7 Å². The SMILES string of the molecule is CCc1cc2oc(=O)cc(CN3C(=O)NC(C)(c4ccc(OC(F)F)cc4)C3=O)c2cc1Cl. The third-order valence-corrected chi connectivity index (χ3v) is 5.99. The van der Waals surface area contributed by atoms with Crippen LogP contribution in [0.15, 0.2) is 51.7 Å². The smallest absolute Gasteiger partial charge is 0.387 e. The molecule has 2 heterocycles. The number of aryl methyl sites for hydroxylation is 1. The second-order valence-electron chi connectivity index (χ2n) is 7.73. The molecule has 0 bridgehead atoms. The fraction of sp³-hybridized carbons (Fsp3) is 0.261. The number of halogens is 3. The van der Waals surface area contributed by atoms with Gasteiger partial charge in [0.2, 0.25) is 0 Å². The van der Waals surface area contributed by atoms with E-state index in [-0.39, 0.29) is 12.3 Å². The van der Waals surface area contributed by atoms with Crippen LogP contribution < -0.4 is 15.7 Å². The standard InChI is InChI=1S/C23H19ClF2N2O5/c1-3-12-8-18-16(10-17(12)24)13(9-19(29)33-18)11-28-20(30)23(2,27-22(28)31)14-4-6-15(7-5-14)32-21(25)26/h4-10,21H,3,11H2,1-2H3,(H,27,31). The molecule has 1 saturated heterocycles. The molecule has 0 aliphatic carbocycles. The summed E-state index contributed by atoms with van der Waals surface area (Å²) in [4.78, 5) is 39.1. The van der Waals surface area contributed by atoms with E-state index in [1.807, 2.05) is 6.92 Å². The van der Waals surface area contributed by atoms with Crippen molar-refractivity contribution in [3.05, 3.63) is 74.6 Å². The van der Waals surface area contributed by atoms with Crippen LogP contribution in [0.25, 0.3) is 11.0 Å². The summed E-state index contributed by atoms with van der Waals surface area (Å²) < 4.78 is 34.4. The highest BCUT2D eigenvalue weighted by molar-refractivity contribution is 6.32. The highest BCUT2D eigenvalue weighted by atomic mass is 35.5. The van der Waals surface area contributed by atoms with Gasteiger partial charge in [-0.25, -0.2) is 9.59 Å². The Labute approximate surface area is 191 Å². The van der Waals surface area contributed by atoms with E-state index in [2.05, 4.69) is 10.1 Å². The molecule has 172 valence electrons. The number of carbonyl (C=O) groups is 2. The topological polar surface area (TPSA) is 88.8 Å². The maximum absolute atomic E-state index is 13.3.